The second kappa shape index (κ2) is 12.5. The maximum Gasteiger partial charge on any atom is 0.332 e. The molecule has 2 aromatic heterocycles. The van der Waals surface area contributed by atoms with Gasteiger partial charge in [-0.2, -0.15) is 0 Å². The Morgan fingerprint density at radius 2 is 1.79 bits per heavy atom. The molecule has 2 N–H and O–H groups in total. The quantitative estimate of drug-likeness (QED) is 0.277. The first-order chi connectivity index (χ1) is 18.7. The second-order valence-electron chi connectivity index (χ2n) is 8.50. The Bertz CT molecular complexity index is 1590. The number of amides is 1. The molecule has 0 aliphatic heterocycles. The number of anilines is 2. The number of carbonyl (C=O) groups is 1. The van der Waals surface area contributed by atoms with Crippen molar-refractivity contribution in [2.75, 3.05) is 5.32 Å². The summed E-state index contributed by atoms with van der Waals surface area (Å²) in [7, 11) is 0. The highest BCUT2D eigenvalue weighted by atomic mass is 35.5. The van der Waals surface area contributed by atoms with Crippen LogP contribution in [0.1, 0.15) is 12.5 Å². The molecule has 39 heavy (non-hydrogen) atoms. The zero-order chi connectivity index (χ0) is 27.9. The van der Waals surface area contributed by atoms with Crippen LogP contribution in [0.25, 0.3) is 0 Å². The molecule has 13 heteroatoms. The van der Waals surface area contributed by atoms with Crippen LogP contribution in [0.5, 0.6) is 11.6 Å². The number of hydrogen-bond donors (Lipinski definition) is 2. The highest BCUT2D eigenvalue weighted by molar-refractivity contribution is 7.77. The lowest BCUT2D eigenvalue weighted by Gasteiger charge is -2.19. The van der Waals surface area contributed by atoms with Gasteiger partial charge in [0.15, 0.2) is 0 Å². The van der Waals surface area contributed by atoms with Gasteiger partial charge in [0.25, 0.3) is 5.56 Å². The third kappa shape index (κ3) is 7.41. The number of nitrogens with one attached hydrogen (secondary N) is 2. The van der Waals surface area contributed by atoms with E-state index in [0.717, 1.165) is 10.1 Å². The van der Waals surface area contributed by atoms with Crippen molar-refractivity contribution in [3.05, 3.63) is 110 Å². The number of rotatable bonds is 10. The van der Waals surface area contributed by atoms with Crippen LogP contribution < -0.4 is 26.0 Å². The van der Waals surface area contributed by atoms with Gasteiger partial charge in [-0.3, -0.25) is 27.7 Å². The summed E-state index contributed by atoms with van der Waals surface area (Å²) in [5.74, 6) is -0.619. The van der Waals surface area contributed by atoms with E-state index in [4.69, 9.17) is 16.3 Å². The van der Waals surface area contributed by atoms with Crippen LogP contribution in [0.2, 0.25) is 5.02 Å². The van der Waals surface area contributed by atoms with Gasteiger partial charge in [0.2, 0.25) is 11.8 Å². The molecule has 0 radical (unpaired) electrons. The minimum absolute atomic E-state index is 0.0879. The number of halogens is 1. The third-order valence-corrected chi connectivity index (χ3v) is 6.23. The Morgan fingerprint density at radius 1 is 1.08 bits per heavy atom. The smallest absolute Gasteiger partial charge is 0.332 e. The van der Waals surface area contributed by atoms with Crippen molar-refractivity contribution >= 4 is 40.3 Å². The molecule has 0 saturated carbocycles. The van der Waals surface area contributed by atoms with E-state index >= 15 is 0 Å². The summed E-state index contributed by atoms with van der Waals surface area (Å²) in [6.07, 6.45) is 1.62. The SMILES string of the molecule is CC(Cn1c(=O)cc(Nc2ccc(Oc3ccccn3)cc2)n(Cc2ccc(Cl)cc2)c1=O)C(=O)NS(=O)[O-]. The van der Waals surface area contributed by atoms with Gasteiger partial charge in [0.05, 0.1) is 12.5 Å². The molecule has 0 spiro atoms. The summed E-state index contributed by atoms with van der Waals surface area (Å²) < 4.78 is 31.3. The Balaban J connectivity index is 1.65. The van der Waals surface area contributed by atoms with Gasteiger partial charge < -0.3 is 14.6 Å². The minimum Gasteiger partial charge on any atom is -0.755 e. The molecule has 4 aromatic rings. The lowest BCUT2D eigenvalue weighted by atomic mass is 10.1. The Morgan fingerprint density at radius 3 is 2.44 bits per heavy atom. The molecule has 11 nitrogen and oxygen atoms in total. The average Bonchev–Trinajstić information content (AvgIpc) is 2.91. The summed E-state index contributed by atoms with van der Waals surface area (Å²) in [5, 5.41) is 3.62. The number of carbonyl (C=O) groups excluding carboxylic acids is 1. The molecule has 2 atom stereocenters. The Kier molecular flexibility index (Phi) is 8.92. The first-order valence-electron chi connectivity index (χ1n) is 11.6. The number of nitrogens with zero attached hydrogens (tertiary/aromatic N) is 3. The van der Waals surface area contributed by atoms with E-state index in [0.29, 0.717) is 22.3 Å². The van der Waals surface area contributed by atoms with E-state index in [1.54, 1.807) is 77.6 Å². The predicted octanol–water partition coefficient (Wildman–Crippen LogP) is 3.19. The fourth-order valence-electron chi connectivity index (χ4n) is 3.63. The number of hydrogen-bond acceptors (Lipinski definition) is 8. The number of ether oxygens (including phenoxy) is 1. The van der Waals surface area contributed by atoms with Gasteiger partial charge in [0, 0.05) is 46.9 Å². The molecule has 0 fully saturated rings. The number of aromatic nitrogens is 3. The van der Waals surface area contributed by atoms with E-state index in [1.807, 2.05) is 0 Å². The highest BCUT2D eigenvalue weighted by Gasteiger charge is 2.19. The molecule has 0 bridgehead atoms. The topological polar surface area (TPSA) is 147 Å². The molecular formula is C26H23ClN5O6S-. The maximum absolute atomic E-state index is 13.5. The number of benzene rings is 2. The lowest BCUT2D eigenvalue weighted by molar-refractivity contribution is -0.123. The van der Waals surface area contributed by atoms with Crippen LogP contribution in [0.3, 0.4) is 0 Å². The first-order valence-corrected chi connectivity index (χ1v) is 13.1. The zero-order valence-electron chi connectivity index (χ0n) is 20.6. The van der Waals surface area contributed by atoms with Crippen molar-refractivity contribution in [3.63, 3.8) is 0 Å². The van der Waals surface area contributed by atoms with Crippen molar-refractivity contribution in [2.24, 2.45) is 5.92 Å². The van der Waals surface area contributed by atoms with E-state index in [2.05, 4.69) is 10.3 Å². The van der Waals surface area contributed by atoms with Crippen LogP contribution in [-0.4, -0.2) is 28.8 Å². The molecule has 2 unspecified atom stereocenters. The summed E-state index contributed by atoms with van der Waals surface area (Å²) in [4.78, 5) is 42.6. The van der Waals surface area contributed by atoms with E-state index in [9.17, 15) is 23.1 Å². The predicted molar refractivity (Wildman–Crippen MR) is 146 cm³/mol. The molecule has 0 aliphatic carbocycles. The van der Waals surface area contributed by atoms with Crippen LogP contribution in [-0.2, 0) is 29.2 Å². The minimum atomic E-state index is -2.81. The lowest BCUT2D eigenvalue weighted by Crippen LogP contribution is -2.44. The largest absolute Gasteiger partial charge is 0.755 e. The van der Waals surface area contributed by atoms with Gasteiger partial charge in [-0.1, -0.05) is 36.7 Å². The molecule has 4 rings (SSSR count). The summed E-state index contributed by atoms with van der Waals surface area (Å²) in [6, 6.07) is 20.3. The first kappa shape index (κ1) is 27.8. The van der Waals surface area contributed by atoms with Crippen LogP contribution in [0, 0.1) is 5.92 Å². The summed E-state index contributed by atoms with van der Waals surface area (Å²) >= 11 is 3.18. The maximum atomic E-state index is 13.5. The fraction of sp³-hybridized carbons (Fsp3) is 0.154. The molecule has 2 aromatic carbocycles. The number of pyridine rings is 1. The average molecular weight is 569 g/mol. The third-order valence-electron chi connectivity index (χ3n) is 5.61. The molecule has 202 valence electrons. The fourth-order valence-corrected chi connectivity index (χ4v) is 4.13. The van der Waals surface area contributed by atoms with Crippen molar-refractivity contribution in [1.82, 2.24) is 18.8 Å². The molecule has 0 aliphatic rings. The van der Waals surface area contributed by atoms with Gasteiger partial charge >= 0.3 is 5.69 Å². The standard InChI is InChI=1S/C26H24ClN5O6S/c1-17(25(34)30-39(36)37)15-32-24(33)14-22(31(26(32)35)16-18-5-7-19(27)8-6-18)29-20-9-11-21(12-10-20)38-23-4-2-3-13-28-23/h2-14,17,29H,15-16H2,1H3,(H,30,34)(H,36,37)/p-1. The van der Waals surface area contributed by atoms with E-state index in [-0.39, 0.29) is 18.9 Å². The van der Waals surface area contributed by atoms with E-state index < -0.39 is 34.3 Å². The van der Waals surface area contributed by atoms with Gasteiger partial charge in [0.1, 0.15) is 11.6 Å². The summed E-state index contributed by atoms with van der Waals surface area (Å²) in [6.45, 7) is 1.18. The van der Waals surface area contributed by atoms with Crippen molar-refractivity contribution < 1.29 is 18.3 Å². The normalized spacial score (nSPS) is 12.4. The monoisotopic (exact) mass is 568 g/mol. The van der Waals surface area contributed by atoms with Crippen LogP contribution in [0.4, 0.5) is 11.5 Å². The van der Waals surface area contributed by atoms with Gasteiger partial charge in [-0.05, 0) is 48.0 Å². The van der Waals surface area contributed by atoms with Gasteiger partial charge in [-0.15, -0.1) is 0 Å². The second-order valence-corrected chi connectivity index (χ2v) is 9.61. The van der Waals surface area contributed by atoms with Crippen molar-refractivity contribution in [1.29, 1.82) is 0 Å². The molecule has 0 saturated heterocycles. The molecular weight excluding hydrogens is 546 g/mol. The van der Waals surface area contributed by atoms with Crippen molar-refractivity contribution in [3.8, 4) is 11.6 Å². The van der Waals surface area contributed by atoms with Crippen molar-refractivity contribution in [2.45, 2.75) is 20.0 Å². The molecule has 1 amide bonds. The molecule has 2 heterocycles. The highest BCUT2D eigenvalue weighted by Crippen LogP contribution is 2.23. The van der Waals surface area contributed by atoms with Crippen LogP contribution >= 0.6 is 11.6 Å². The van der Waals surface area contributed by atoms with Gasteiger partial charge in [-0.25, -0.2) is 9.78 Å². The van der Waals surface area contributed by atoms with Crippen LogP contribution in [0.15, 0.2) is 88.6 Å². The van der Waals surface area contributed by atoms with E-state index in [1.165, 1.54) is 17.6 Å². The Hall–Kier alpha value is -4.26. The zero-order valence-corrected chi connectivity index (χ0v) is 22.1. The summed E-state index contributed by atoms with van der Waals surface area (Å²) in [5.41, 5.74) is -0.0253. The Labute approximate surface area is 230 Å².